The number of alkyl halides is 6. The van der Waals surface area contributed by atoms with E-state index < -0.39 is 71.3 Å². The molecule has 3 N–H and O–H groups in total. The summed E-state index contributed by atoms with van der Waals surface area (Å²) in [4.78, 5) is 28.7. The molecule has 0 bridgehead atoms. The number of hydrogen-bond donors (Lipinski definition) is 2. The quantitative estimate of drug-likeness (QED) is 0.349. The van der Waals surface area contributed by atoms with E-state index in [1.165, 1.54) is 13.1 Å². The van der Waals surface area contributed by atoms with Gasteiger partial charge in [0.2, 0.25) is 0 Å². The number of carbonyl (C=O) groups is 2. The summed E-state index contributed by atoms with van der Waals surface area (Å²) in [5.74, 6) is -6.26. The van der Waals surface area contributed by atoms with Gasteiger partial charge in [-0.3, -0.25) is 14.6 Å². The Morgan fingerprint density at radius 2 is 1.69 bits per heavy atom. The summed E-state index contributed by atoms with van der Waals surface area (Å²) in [6.45, 7) is 1.46. The van der Waals surface area contributed by atoms with Gasteiger partial charge >= 0.3 is 12.5 Å². The molecule has 0 aliphatic heterocycles. The van der Waals surface area contributed by atoms with Crippen molar-refractivity contribution in [2.45, 2.75) is 19.5 Å². The highest BCUT2D eigenvalue weighted by molar-refractivity contribution is 6.09. The number of aromatic nitrogens is 1. The molecule has 9 nitrogen and oxygen atoms in total. The average Bonchev–Trinajstić information content (AvgIpc) is 2.83. The van der Waals surface area contributed by atoms with Gasteiger partial charge in [0.1, 0.15) is 28.5 Å². The second kappa shape index (κ2) is 11.0. The van der Waals surface area contributed by atoms with Crippen LogP contribution in [0.5, 0.6) is 28.7 Å². The molecule has 1 aromatic heterocycles. The third kappa shape index (κ3) is 6.80. The Bertz CT molecular complexity index is 1510. The summed E-state index contributed by atoms with van der Waals surface area (Å²) in [5.41, 5.74) is 2.85. The number of nitrogens with two attached hydrogens (primary N) is 1. The van der Waals surface area contributed by atoms with E-state index >= 15 is 0 Å². The second-order valence-corrected chi connectivity index (χ2v) is 7.58. The molecule has 0 saturated heterocycles. The third-order valence-electron chi connectivity index (χ3n) is 4.94. The van der Waals surface area contributed by atoms with Crippen LogP contribution < -0.4 is 30.0 Å². The number of methoxy groups -OCH3 is 2. The first kappa shape index (κ1) is 24.6. The number of halogens is 6. The average molecular weight is 562 g/mol. The molecule has 208 valence electrons. The molecule has 0 spiro atoms. The number of rotatable bonds is 8. The Labute approximate surface area is 220 Å². The van der Waals surface area contributed by atoms with Crippen LogP contribution in [0.25, 0.3) is 0 Å². The van der Waals surface area contributed by atoms with E-state index in [0.29, 0.717) is 24.3 Å². The predicted octanol–water partition coefficient (Wildman–Crippen LogP) is 5.47. The van der Waals surface area contributed by atoms with Crippen LogP contribution in [-0.4, -0.2) is 37.3 Å². The monoisotopic (exact) mass is 562 g/mol. The molecule has 0 aliphatic rings. The minimum Gasteiger partial charge on any atom is -0.495 e. The fraction of sp³-hybridized carbons (Fsp3) is 0.208. The minimum atomic E-state index is -5.16. The van der Waals surface area contributed by atoms with Crippen molar-refractivity contribution in [1.29, 1.82) is 0 Å². The van der Waals surface area contributed by atoms with Gasteiger partial charge < -0.3 is 30.0 Å². The molecule has 39 heavy (non-hydrogen) atoms. The van der Waals surface area contributed by atoms with Crippen LogP contribution in [0.3, 0.4) is 0 Å². The van der Waals surface area contributed by atoms with Crippen LogP contribution in [-0.2, 0) is 6.18 Å². The number of benzene rings is 2. The van der Waals surface area contributed by atoms with Crippen LogP contribution in [0.2, 0.25) is 0 Å². The molecular weight excluding hydrogens is 540 g/mol. The number of aryl methyl sites for hydroxylation is 1. The number of pyridine rings is 1. The summed E-state index contributed by atoms with van der Waals surface area (Å²) in [5, 5.41) is 2.31. The molecule has 0 unspecified atom stereocenters. The molecule has 3 rings (SSSR count). The molecule has 0 aliphatic carbocycles. The zero-order valence-electron chi connectivity index (χ0n) is 22.8. The van der Waals surface area contributed by atoms with Gasteiger partial charge in [-0.1, -0.05) is 0 Å². The Kier molecular flexibility index (Phi) is 6.93. The van der Waals surface area contributed by atoms with Gasteiger partial charge in [0, 0.05) is 18.0 Å². The van der Waals surface area contributed by atoms with Gasteiger partial charge in [-0.05, 0) is 42.8 Å². The van der Waals surface area contributed by atoms with Crippen LogP contribution in [0, 0.1) is 6.92 Å². The van der Waals surface area contributed by atoms with Crippen LogP contribution in [0.1, 0.15) is 36.1 Å². The fourth-order valence-electron chi connectivity index (χ4n) is 3.25. The summed E-state index contributed by atoms with van der Waals surface area (Å²) >= 11 is 0. The summed E-state index contributed by atoms with van der Waals surface area (Å²) in [7, 11) is -2.38. The fourth-order valence-corrected chi connectivity index (χ4v) is 3.25. The van der Waals surface area contributed by atoms with E-state index in [9.17, 15) is 35.9 Å². The van der Waals surface area contributed by atoms with E-state index in [4.69, 9.17) is 24.1 Å². The van der Waals surface area contributed by atoms with E-state index in [1.54, 1.807) is 0 Å². The number of carbonyl (C=O) groups excluding carboxylic acids is 2. The lowest BCUT2D eigenvalue weighted by molar-refractivity contribution is -0.274. The molecule has 2 aromatic carbocycles. The SMILES string of the molecule is [2H]C([2H])([2H])Oc1cc(OC(F)(F)F)ccc1Oc1ccc(C(F)(F)F)c(OC)c1C(=O)Nc1cc(C(N)=O)ncc1C. The van der Waals surface area contributed by atoms with Crippen molar-refractivity contribution in [3.8, 4) is 28.7 Å². The Morgan fingerprint density at radius 3 is 2.28 bits per heavy atom. The molecule has 1 heterocycles. The van der Waals surface area contributed by atoms with Crippen molar-refractivity contribution in [2.75, 3.05) is 19.5 Å². The van der Waals surface area contributed by atoms with Gasteiger partial charge in [-0.25, -0.2) is 0 Å². The van der Waals surface area contributed by atoms with Crippen LogP contribution >= 0.6 is 0 Å². The Morgan fingerprint density at radius 1 is 1.00 bits per heavy atom. The Hall–Kier alpha value is -4.69. The molecule has 0 fully saturated rings. The number of primary amides is 1. The second-order valence-electron chi connectivity index (χ2n) is 7.58. The van der Waals surface area contributed by atoms with E-state index in [-0.39, 0.29) is 16.9 Å². The molecular formula is C24H19F6N3O6. The standard InChI is InChI=1S/C24H19F6N3O6/c1-11-10-32-15(21(31)34)9-14(11)33-22(35)19-17(7-5-13(20(19)37-3)23(25,26)27)38-16-6-4-12(8-18(16)36-2)39-24(28,29)30/h4-10H,1-3H3,(H2,31,34)(H,32,33,35)/i2D3. The van der Waals surface area contributed by atoms with E-state index in [1.807, 2.05) is 0 Å². The minimum absolute atomic E-state index is 0.0747. The normalized spacial score (nSPS) is 13.0. The van der Waals surface area contributed by atoms with Gasteiger partial charge in [-0.2, -0.15) is 13.2 Å². The highest BCUT2D eigenvalue weighted by atomic mass is 19.4. The number of anilines is 1. The molecule has 0 saturated carbocycles. The van der Waals surface area contributed by atoms with Gasteiger partial charge in [-0.15, -0.1) is 13.2 Å². The maximum atomic E-state index is 13.8. The lowest BCUT2D eigenvalue weighted by Crippen LogP contribution is -2.19. The first-order valence-electron chi connectivity index (χ1n) is 11.9. The topological polar surface area (TPSA) is 122 Å². The van der Waals surface area contributed by atoms with E-state index in [0.717, 1.165) is 19.2 Å². The van der Waals surface area contributed by atoms with Crippen molar-refractivity contribution < 1.29 is 59.0 Å². The highest BCUT2D eigenvalue weighted by Gasteiger charge is 2.38. The van der Waals surface area contributed by atoms with Crippen molar-refractivity contribution in [2.24, 2.45) is 5.73 Å². The molecule has 0 atom stereocenters. The van der Waals surface area contributed by atoms with Crippen molar-refractivity contribution in [1.82, 2.24) is 4.98 Å². The Balaban J connectivity index is 2.18. The van der Waals surface area contributed by atoms with E-state index in [2.05, 4.69) is 15.0 Å². The highest BCUT2D eigenvalue weighted by Crippen LogP contribution is 2.44. The smallest absolute Gasteiger partial charge is 0.495 e. The van der Waals surface area contributed by atoms with Crippen LogP contribution in [0.4, 0.5) is 32.0 Å². The molecule has 3 aromatic rings. The summed E-state index contributed by atoms with van der Waals surface area (Å²) in [6.07, 6.45) is -9.03. The molecule has 0 radical (unpaired) electrons. The zero-order valence-corrected chi connectivity index (χ0v) is 19.8. The first-order valence-corrected chi connectivity index (χ1v) is 10.4. The van der Waals surface area contributed by atoms with Crippen molar-refractivity contribution >= 4 is 17.5 Å². The maximum Gasteiger partial charge on any atom is 0.573 e. The predicted molar refractivity (Wildman–Crippen MR) is 123 cm³/mol. The van der Waals surface area contributed by atoms with Gasteiger partial charge in [0.05, 0.1) is 23.8 Å². The van der Waals surface area contributed by atoms with Crippen LogP contribution in [0.15, 0.2) is 42.6 Å². The number of ether oxygens (including phenoxy) is 4. The lowest BCUT2D eigenvalue weighted by Gasteiger charge is -2.20. The number of nitrogens with zero attached hydrogens (tertiary/aromatic N) is 1. The van der Waals surface area contributed by atoms with Gasteiger partial charge in [0.25, 0.3) is 11.8 Å². The first-order chi connectivity index (χ1) is 19.3. The number of amides is 2. The lowest BCUT2D eigenvalue weighted by atomic mass is 10.1. The summed E-state index contributed by atoms with van der Waals surface area (Å²) < 4.78 is 120. The maximum absolute atomic E-state index is 13.8. The van der Waals surface area contributed by atoms with Crippen molar-refractivity contribution in [3.05, 3.63) is 65.0 Å². The van der Waals surface area contributed by atoms with Crippen molar-refractivity contribution in [3.63, 3.8) is 0 Å². The summed E-state index contributed by atoms with van der Waals surface area (Å²) in [6, 6.07) is 4.27. The zero-order chi connectivity index (χ0) is 31.6. The van der Waals surface area contributed by atoms with Gasteiger partial charge in [0.15, 0.2) is 11.5 Å². The third-order valence-corrected chi connectivity index (χ3v) is 4.94. The molecule has 15 heteroatoms. The number of hydrogen-bond acceptors (Lipinski definition) is 7. The largest absolute Gasteiger partial charge is 0.573 e. The molecule has 2 amide bonds. The number of nitrogens with one attached hydrogen (secondary N) is 1.